The number of allylic oxidation sites excluding steroid dienone is 1. The Bertz CT molecular complexity index is 1260. The first-order valence-corrected chi connectivity index (χ1v) is 10.2. The SMILES string of the molecule is CCC(Br)=C1c2cc3cnn(-c4ccc(F)cc4)c3cc2OCc2ncccc21. The fourth-order valence-corrected chi connectivity index (χ4v) is 4.13. The van der Waals surface area contributed by atoms with Crippen molar-refractivity contribution in [1.82, 2.24) is 14.8 Å². The number of nitrogens with zero attached hydrogens (tertiary/aromatic N) is 3. The van der Waals surface area contributed by atoms with E-state index in [0.29, 0.717) is 6.61 Å². The van der Waals surface area contributed by atoms with Crippen LogP contribution in [-0.2, 0) is 6.61 Å². The van der Waals surface area contributed by atoms with Crippen LogP contribution in [0, 0.1) is 5.82 Å². The quantitative estimate of drug-likeness (QED) is 0.375. The Morgan fingerprint density at radius 1 is 1.17 bits per heavy atom. The van der Waals surface area contributed by atoms with E-state index in [-0.39, 0.29) is 5.82 Å². The number of fused-ring (bicyclic) bond motifs is 3. The van der Waals surface area contributed by atoms with Gasteiger partial charge in [-0.25, -0.2) is 9.07 Å². The summed E-state index contributed by atoms with van der Waals surface area (Å²) >= 11 is 3.77. The maximum atomic E-state index is 13.3. The van der Waals surface area contributed by atoms with Gasteiger partial charge in [0.1, 0.15) is 18.2 Å². The zero-order valence-electron chi connectivity index (χ0n) is 15.7. The van der Waals surface area contributed by atoms with Crippen molar-refractivity contribution in [2.24, 2.45) is 0 Å². The molecule has 0 saturated heterocycles. The van der Waals surface area contributed by atoms with Crippen LogP contribution in [0.15, 0.2) is 65.4 Å². The van der Waals surface area contributed by atoms with Gasteiger partial charge in [-0.15, -0.1) is 0 Å². The van der Waals surface area contributed by atoms with Gasteiger partial charge in [-0.3, -0.25) is 4.98 Å². The zero-order chi connectivity index (χ0) is 20.0. The van der Waals surface area contributed by atoms with E-state index in [9.17, 15) is 4.39 Å². The average Bonchev–Trinajstić information content (AvgIpc) is 3.08. The van der Waals surface area contributed by atoms with Crippen molar-refractivity contribution in [3.8, 4) is 11.4 Å². The summed E-state index contributed by atoms with van der Waals surface area (Å²) in [7, 11) is 0. The predicted molar refractivity (Wildman–Crippen MR) is 115 cm³/mol. The minimum absolute atomic E-state index is 0.271. The molecule has 2 aromatic heterocycles. The van der Waals surface area contributed by atoms with Gasteiger partial charge in [0.05, 0.1) is 23.1 Å². The summed E-state index contributed by atoms with van der Waals surface area (Å²) in [6.07, 6.45) is 4.47. The summed E-state index contributed by atoms with van der Waals surface area (Å²) in [6.45, 7) is 2.51. The molecule has 0 saturated carbocycles. The van der Waals surface area contributed by atoms with Crippen molar-refractivity contribution in [2.75, 3.05) is 0 Å². The Morgan fingerprint density at radius 3 is 2.79 bits per heavy atom. The highest BCUT2D eigenvalue weighted by Crippen LogP contribution is 2.42. The molecule has 0 spiro atoms. The summed E-state index contributed by atoms with van der Waals surface area (Å²) in [4.78, 5) is 4.53. The summed E-state index contributed by atoms with van der Waals surface area (Å²) in [6, 6.07) is 14.4. The number of hydrogen-bond acceptors (Lipinski definition) is 3. The molecule has 5 rings (SSSR count). The summed E-state index contributed by atoms with van der Waals surface area (Å²) in [5.74, 6) is 0.506. The average molecular weight is 450 g/mol. The van der Waals surface area contributed by atoms with E-state index in [1.54, 1.807) is 23.0 Å². The first-order chi connectivity index (χ1) is 14.2. The van der Waals surface area contributed by atoms with E-state index >= 15 is 0 Å². The molecule has 0 bridgehead atoms. The third kappa shape index (κ3) is 3.04. The van der Waals surface area contributed by atoms with Gasteiger partial charge in [-0.05, 0) is 42.8 Å². The minimum atomic E-state index is -0.271. The molecule has 1 aliphatic heterocycles. The van der Waals surface area contributed by atoms with E-state index in [4.69, 9.17) is 4.74 Å². The Hall–Kier alpha value is -2.99. The molecule has 0 amide bonds. The molecule has 0 fully saturated rings. The highest BCUT2D eigenvalue weighted by molar-refractivity contribution is 9.11. The van der Waals surface area contributed by atoms with Crippen LogP contribution >= 0.6 is 15.9 Å². The maximum absolute atomic E-state index is 13.3. The number of aromatic nitrogens is 3. The van der Waals surface area contributed by atoms with Crippen LogP contribution in [-0.4, -0.2) is 14.8 Å². The summed E-state index contributed by atoms with van der Waals surface area (Å²) in [5, 5.41) is 5.51. The highest BCUT2D eigenvalue weighted by atomic mass is 79.9. The molecule has 4 aromatic rings. The van der Waals surface area contributed by atoms with Gasteiger partial charge in [-0.1, -0.05) is 28.9 Å². The number of ether oxygens (including phenoxy) is 1. The summed E-state index contributed by atoms with van der Waals surface area (Å²) in [5.41, 5.74) is 5.79. The van der Waals surface area contributed by atoms with Crippen LogP contribution in [0.4, 0.5) is 4.39 Å². The van der Waals surface area contributed by atoms with Crippen LogP contribution in [0.3, 0.4) is 0 Å². The number of halogens is 2. The second kappa shape index (κ2) is 7.12. The molecule has 0 radical (unpaired) electrons. The smallest absolute Gasteiger partial charge is 0.131 e. The predicted octanol–water partition coefficient (Wildman–Crippen LogP) is 6.02. The van der Waals surface area contributed by atoms with Crippen molar-refractivity contribution in [2.45, 2.75) is 20.0 Å². The van der Waals surface area contributed by atoms with Crippen LogP contribution in [0.5, 0.6) is 5.75 Å². The molecule has 4 nitrogen and oxygen atoms in total. The third-order valence-electron chi connectivity index (χ3n) is 5.12. The van der Waals surface area contributed by atoms with E-state index in [1.165, 1.54) is 12.1 Å². The van der Waals surface area contributed by atoms with Crippen molar-refractivity contribution in [3.05, 3.63) is 88.0 Å². The van der Waals surface area contributed by atoms with Crippen molar-refractivity contribution in [3.63, 3.8) is 0 Å². The fourth-order valence-electron chi connectivity index (χ4n) is 3.70. The Balaban J connectivity index is 1.74. The van der Waals surface area contributed by atoms with E-state index in [1.807, 2.05) is 18.3 Å². The van der Waals surface area contributed by atoms with Crippen molar-refractivity contribution < 1.29 is 9.13 Å². The molecule has 0 atom stereocenters. The lowest BCUT2D eigenvalue weighted by Crippen LogP contribution is -1.99. The molecule has 29 heavy (non-hydrogen) atoms. The fraction of sp³-hybridized carbons (Fsp3) is 0.130. The second-order valence-electron chi connectivity index (χ2n) is 6.86. The normalized spacial score (nSPS) is 14.7. The van der Waals surface area contributed by atoms with Gasteiger partial charge < -0.3 is 4.74 Å². The van der Waals surface area contributed by atoms with Crippen molar-refractivity contribution >= 4 is 32.4 Å². The van der Waals surface area contributed by atoms with E-state index < -0.39 is 0 Å². The van der Waals surface area contributed by atoms with Gasteiger partial charge in [-0.2, -0.15) is 5.10 Å². The van der Waals surface area contributed by atoms with E-state index in [0.717, 1.165) is 55.6 Å². The standard InChI is InChI=1S/C23H17BrFN3O/c1-2-19(24)23-17-4-3-9-26-20(17)13-29-22-11-21-14(10-18(22)23)12-27-28(21)16-7-5-15(25)6-8-16/h3-12H,2,13H2,1H3. The number of rotatable bonds is 2. The van der Waals surface area contributed by atoms with E-state index in [2.05, 4.69) is 45.1 Å². The summed E-state index contributed by atoms with van der Waals surface area (Å²) < 4.78 is 22.4. The molecular formula is C23H17BrFN3O. The topological polar surface area (TPSA) is 39.9 Å². The third-order valence-corrected chi connectivity index (χ3v) is 6.07. The van der Waals surface area contributed by atoms with Crippen LogP contribution in [0.2, 0.25) is 0 Å². The molecule has 6 heteroatoms. The Morgan fingerprint density at radius 2 is 2.00 bits per heavy atom. The number of pyridine rings is 1. The number of hydrogen-bond donors (Lipinski definition) is 0. The second-order valence-corrected chi connectivity index (χ2v) is 7.82. The monoisotopic (exact) mass is 449 g/mol. The Kier molecular flexibility index (Phi) is 4.43. The zero-order valence-corrected chi connectivity index (χ0v) is 17.3. The molecular weight excluding hydrogens is 433 g/mol. The van der Waals surface area contributed by atoms with Crippen LogP contribution < -0.4 is 4.74 Å². The molecule has 0 aliphatic carbocycles. The van der Waals surface area contributed by atoms with Gasteiger partial charge in [0.15, 0.2) is 0 Å². The molecule has 0 N–H and O–H groups in total. The van der Waals surface area contributed by atoms with Gasteiger partial charge in [0, 0.05) is 38.8 Å². The van der Waals surface area contributed by atoms with Gasteiger partial charge in [0.25, 0.3) is 0 Å². The minimum Gasteiger partial charge on any atom is -0.487 e. The van der Waals surface area contributed by atoms with Crippen LogP contribution in [0.1, 0.15) is 30.2 Å². The number of benzene rings is 2. The first-order valence-electron chi connectivity index (χ1n) is 9.39. The molecule has 144 valence electrons. The largest absolute Gasteiger partial charge is 0.487 e. The lowest BCUT2D eigenvalue weighted by molar-refractivity contribution is 0.303. The first kappa shape index (κ1) is 18.1. The van der Waals surface area contributed by atoms with Gasteiger partial charge in [0.2, 0.25) is 0 Å². The molecule has 0 unspecified atom stereocenters. The van der Waals surface area contributed by atoms with Gasteiger partial charge >= 0.3 is 0 Å². The maximum Gasteiger partial charge on any atom is 0.131 e. The molecule has 1 aliphatic rings. The van der Waals surface area contributed by atoms with Crippen LogP contribution in [0.25, 0.3) is 22.2 Å². The highest BCUT2D eigenvalue weighted by Gasteiger charge is 2.23. The molecule has 3 heterocycles. The lowest BCUT2D eigenvalue weighted by Gasteiger charge is -2.13. The lowest BCUT2D eigenvalue weighted by atomic mass is 9.95. The Labute approximate surface area is 175 Å². The van der Waals surface area contributed by atoms with Crippen molar-refractivity contribution in [1.29, 1.82) is 0 Å². The molecule has 2 aromatic carbocycles.